The van der Waals surface area contributed by atoms with Gasteiger partial charge in [0, 0.05) is 12.1 Å². The molecule has 0 aliphatic heterocycles. The lowest BCUT2D eigenvalue weighted by atomic mass is 10.2. The molecular weight excluding hydrogens is 266 g/mol. The Morgan fingerprint density at radius 2 is 1.90 bits per heavy atom. The monoisotopic (exact) mass is 283 g/mol. The van der Waals surface area contributed by atoms with Crippen molar-refractivity contribution in [1.29, 1.82) is 0 Å². The highest BCUT2D eigenvalue weighted by atomic mass is 15.6. The highest BCUT2D eigenvalue weighted by Gasteiger charge is 2.17. The van der Waals surface area contributed by atoms with Crippen molar-refractivity contribution in [1.82, 2.24) is 30.0 Å². The van der Waals surface area contributed by atoms with Crippen molar-refractivity contribution in [2.45, 2.75) is 26.8 Å². The molecule has 2 aromatic heterocycles. The van der Waals surface area contributed by atoms with Crippen molar-refractivity contribution < 1.29 is 0 Å². The molecule has 0 aliphatic rings. The van der Waals surface area contributed by atoms with E-state index >= 15 is 0 Å². The van der Waals surface area contributed by atoms with Gasteiger partial charge in [-0.15, -0.1) is 15.0 Å². The molecule has 2 heterocycles. The summed E-state index contributed by atoms with van der Waals surface area (Å²) in [6, 6.07) is 9.72. The van der Waals surface area contributed by atoms with Gasteiger partial charge in [-0.2, -0.15) is 5.10 Å². The van der Waals surface area contributed by atoms with E-state index in [1.54, 1.807) is 0 Å². The van der Waals surface area contributed by atoms with Crippen LogP contribution in [0.1, 0.15) is 19.0 Å². The third-order valence-corrected chi connectivity index (χ3v) is 3.22. The van der Waals surface area contributed by atoms with E-state index < -0.39 is 0 Å². The molecule has 3 rings (SSSR count). The highest BCUT2D eigenvalue weighted by molar-refractivity contribution is 5.57. The number of hydrogen-bond donors (Lipinski definition) is 1. The summed E-state index contributed by atoms with van der Waals surface area (Å²) in [4.78, 5) is 1.45. The van der Waals surface area contributed by atoms with E-state index in [1.807, 2.05) is 41.9 Å². The standard InChI is InChI=1S/C14H17N7/c1-3-9-20-14(12(15)10(2)17-20)21-18-13(16-19-21)11-7-5-4-6-8-11/h4-8H,3,9,15H2,1-2H3. The van der Waals surface area contributed by atoms with Crippen LogP contribution in [0, 0.1) is 6.92 Å². The molecule has 2 N–H and O–H groups in total. The lowest BCUT2D eigenvalue weighted by molar-refractivity contribution is 0.553. The predicted octanol–water partition coefficient (Wildman–Crippen LogP) is 1.83. The summed E-state index contributed by atoms with van der Waals surface area (Å²) in [7, 11) is 0. The Morgan fingerprint density at radius 1 is 1.14 bits per heavy atom. The number of rotatable bonds is 4. The minimum atomic E-state index is 0.567. The zero-order valence-corrected chi connectivity index (χ0v) is 12.1. The van der Waals surface area contributed by atoms with Crippen LogP contribution in [0.15, 0.2) is 30.3 Å². The van der Waals surface area contributed by atoms with Crippen molar-refractivity contribution in [3.05, 3.63) is 36.0 Å². The van der Waals surface area contributed by atoms with Crippen molar-refractivity contribution in [3.63, 3.8) is 0 Å². The Morgan fingerprint density at radius 3 is 2.62 bits per heavy atom. The molecule has 0 saturated heterocycles. The number of benzene rings is 1. The molecule has 0 fully saturated rings. The van der Waals surface area contributed by atoms with Crippen molar-refractivity contribution in [3.8, 4) is 17.2 Å². The first-order chi connectivity index (χ1) is 10.2. The second kappa shape index (κ2) is 5.35. The Balaban J connectivity index is 2.04. The second-order valence-electron chi connectivity index (χ2n) is 4.81. The van der Waals surface area contributed by atoms with Gasteiger partial charge in [0.15, 0.2) is 5.82 Å². The average Bonchev–Trinajstić information content (AvgIpc) is 3.07. The van der Waals surface area contributed by atoms with Gasteiger partial charge >= 0.3 is 0 Å². The van der Waals surface area contributed by atoms with Gasteiger partial charge < -0.3 is 5.73 Å². The van der Waals surface area contributed by atoms with Crippen LogP contribution < -0.4 is 5.73 Å². The van der Waals surface area contributed by atoms with Crippen LogP contribution in [0.2, 0.25) is 0 Å². The van der Waals surface area contributed by atoms with Crippen LogP contribution in [0.4, 0.5) is 5.69 Å². The number of anilines is 1. The fourth-order valence-corrected chi connectivity index (χ4v) is 2.17. The van der Waals surface area contributed by atoms with E-state index in [2.05, 4.69) is 27.4 Å². The van der Waals surface area contributed by atoms with Crippen LogP contribution in [-0.4, -0.2) is 30.0 Å². The first kappa shape index (κ1) is 13.3. The number of nitrogens with two attached hydrogens (primary N) is 1. The van der Waals surface area contributed by atoms with Gasteiger partial charge in [-0.05, 0) is 18.6 Å². The van der Waals surface area contributed by atoms with Gasteiger partial charge in [0.25, 0.3) is 0 Å². The molecule has 0 atom stereocenters. The van der Waals surface area contributed by atoms with Crippen LogP contribution in [0.3, 0.4) is 0 Å². The largest absolute Gasteiger partial charge is 0.394 e. The summed E-state index contributed by atoms with van der Waals surface area (Å²) in [5.41, 5.74) is 8.38. The Bertz CT molecular complexity index is 742. The van der Waals surface area contributed by atoms with E-state index in [4.69, 9.17) is 5.73 Å². The smallest absolute Gasteiger partial charge is 0.205 e. The summed E-state index contributed by atoms with van der Waals surface area (Å²) in [6.07, 6.45) is 0.952. The molecule has 0 amide bonds. The minimum Gasteiger partial charge on any atom is -0.394 e. The van der Waals surface area contributed by atoms with Gasteiger partial charge in [-0.25, -0.2) is 4.68 Å². The maximum Gasteiger partial charge on any atom is 0.205 e. The highest BCUT2D eigenvalue weighted by Crippen LogP contribution is 2.21. The van der Waals surface area contributed by atoms with Crippen LogP contribution in [0.25, 0.3) is 17.2 Å². The Hall–Kier alpha value is -2.70. The molecule has 0 unspecified atom stereocenters. The number of aromatic nitrogens is 6. The Labute approximate surface area is 122 Å². The molecule has 0 radical (unpaired) electrons. The Kier molecular flexibility index (Phi) is 3.39. The molecular formula is C14H17N7. The number of aryl methyl sites for hydroxylation is 2. The fourth-order valence-electron chi connectivity index (χ4n) is 2.17. The summed E-state index contributed by atoms with van der Waals surface area (Å²) in [5, 5.41) is 17.1. The molecule has 7 nitrogen and oxygen atoms in total. The van der Waals surface area contributed by atoms with Crippen LogP contribution in [0.5, 0.6) is 0 Å². The molecule has 0 spiro atoms. The summed E-state index contributed by atoms with van der Waals surface area (Å²) >= 11 is 0. The van der Waals surface area contributed by atoms with E-state index in [0.29, 0.717) is 17.3 Å². The van der Waals surface area contributed by atoms with E-state index in [1.165, 1.54) is 4.80 Å². The normalized spacial score (nSPS) is 11.0. The van der Waals surface area contributed by atoms with Crippen LogP contribution in [-0.2, 0) is 6.54 Å². The topological polar surface area (TPSA) is 87.4 Å². The first-order valence-corrected chi connectivity index (χ1v) is 6.89. The molecule has 0 saturated carbocycles. The predicted molar refractivity (Wildman–Crippen MR) is 79.8 cm³/mol. The van der Waals surface area contributed by atoms with E-state index in [9.17, 15) is 0 Å². The first-order valence-electron chi connectivity index (χ1n) is 6.89. The molecule has 1 aromatic carbocycles. The van der Waals surface area contributed by atoms with Gasteiger partial charge in [-0.3, -0.25) is 0 Å². The third kappa shape index (κ3) is 2.37. The lowest BCUT2D eigenvalue weighted by Gasteiger charge is -2.04. The lowest BCUT2D eigenvalue weighted by Crippen LogP contribution is -2.11. The van der Waals surface area contributed by atoms with Crippen molar-refractivity contribution in [2.24, 2.45) is 0 Å². The fraction of sp³-hybridized carbons (Fsp3) is 0.286. The van der Waals surface area contributed by atoms with Crippen LogP contribution >= 0.6 is 0 Å². The van der Waals surface area contributed by atoms with Crippen molar-refractivity contribution >= 4 is 5.69 Å². The number of nitrogens with zero attached hydrogens (tertiary/aromatic N) is 6. The molecule has 21 heavy (non-hydrogen) atoms. The molecule has 3 aromatic rings. The quantitative estimate of drug-likeness (QED) is 0.789. The molecule has 108 valence electrons. The SMILES string of the molecule is CCCn1nc(C)c(N)c1-n1nnc(-c2ccccc2)n1. The zero-order chi connectivity index (χ0) is 14.8. The third-order valence-electron chi connectivity index (χ3n) is 3.22. The van der Waals surface area contributed by atoms with Gasteiger partial charge in [0.2, 0.25) is 5.82 Å². The van der Waals surface area contributed by atoms with Gasteiger partial charge in [0.1, 0.15) is 5.69 Å². The van der Waals surface area contributed by atoms with Gasteiger partial charge in [0.05, 0.1) is 5.69 Å². The number of hydrogen-bond acceptors (Lipinski definition) is 5. The van der Waals surface area contributed by atoms with E-state index in [-0.39, 0.29) is 0 Å². The maximum atomic E-state index is 6.10. The number of nitrogen functional groups attached to an aromatic ring is 1. The molecule has 7 heteroatoms. The molecule has 0 bridgehead atoms. The summed E-state index contributed by atoms with van der Waals surface area (Å²) in [5.74, 6) is 1.24. The average molecular weight is 283 g/mol. The minimum absolute atomic E-state index is 0.567. The van der Waals surface area contributed by atoms with E-state index in [0.717, 1.165) is 24.2 Å². The summed E-state index contributed by atoms with van der Waals surface area (Å²) < 4.78 is 1.82. The summed E-state index contributed by atoms with van der Waals surface area (Å²) in [6.45, 7) is 4.72. The maximum absolute atomic E-state index is 6.10. The molecule has 0 aliphatic carbocycles. The van der Waals surface area contributed by atoms with Gasteiger partial charge in [-0.1, -0.05) is 37.3 Å². The zero-order valence-electron chi connectivity index (χ0n) is 12.1. The van der Waals surface area contributed by atoms with Crippen molar-refractivity contribution in [2.75, 3.05) is 5.73 Å². The number of tetrazole rings is 1. The second-order valence-corrected chi connectivity index (χ2v) is 4.81.